The molecule has 1 N–H and O–H groups in total. The zero-order chi connectivity index (χ0) is 18.0. The molecular formula is C17H17FN4O2S. The highest BCUT2D eigenvalue weighted by atomic mass is 32.1. The van der Waals surface area contributed by atoms with Crippen LogP contribution in [0.1, 0.15) is 12.6 Å². The molecular weight excluding hydrogens is 343 g/mol. The number of hydrogen-bond acceptors (Lipinski definition) is 5. The van der Waals surface area contributed by atoms with E-state index in [1.165, 1.54) is 35.6 Å². The molecule has 1 aromatic carbocycles. The summed E-state index contributed by atoms with van der Waals surface area (Å²) in [6, 6.07) is 5.52. The summed E-state index contributed by atoms with van der Waals surface area (Å²) in [7, 11) is 1.86. The van der Waals surface area contributed by atoms with Gasteiger partial charge < -0.3 is 4.74 Å². The Morgan fingerprint density at radius 3 is 2.72 bits per heavy atom. The van der Waals surface area contributed by atoms with Crippen LogP contribution in [0.15, 0.2) is 35.8 Å². The van der Waals surface area contributed by atoms with Gasteiger partial charge in [-0.1, -0.05) is 0 Å². The van der Waals surface area contributed by atoms with Crippen molar-refractivity contribution >= 4 is 22.4 Å². The van der Waals surface area contributed by atoms with Gasteiger partial charge in [0.2, 0.25) is 0 Å². The van der Waals surface area contributed by atoms with Gasteiger partial charge in [0.05, 0.1) is 11.9 Å². The standard InChI is InChI=1S/C17H17FN4O2S/c1-10-14(8-19-22(10)3)15-9-25-17(20-15)21-16(23)11(2)24-13-6-4-12(18)5-7-13/h4-9,11H,1-3H3,(H,20,21,23)/t11-/m0/s1. The van der Waals surface area contributed by atoms with Crippen molar-refractivity contribution < 1.29 is 13.9 Å². The molecule has 0 aliphatic heterocycles. The average Bonchev–Trinajstić information content (AvgIpc) is 3.17. The summed E-state index contributed by atoms with van der Waals surface area (Å²) in [6.07, 6.45) is 1.01. The van der Waals surface area contributed by atoms with Crippen LogP contribution < -0.4 is 10.1 Å². The van der Waals surface area contributed by atoms with Crippen LogP contribution in [-0.2, 0) is 11.8 Å². The van der Waals surface area contributed by atoms with E-state index in [0.29, 0.717) is 10.9 Å². The van der Waals surface area contributed by atoms with E-state index < -0.39 is 6.10 Å². The fraction of sp³-hybridized carbons (Fsp3) is 0.235. The van der Waals surface area contributed by atoms with Gasteiger partial charge in [0.25, 0.3) is 5.91 Å². The van der Waals surface area contributed by atoms with Crippen LogP contribution in [0.3, 0.4) is 0 Å². The molecule has 2 aromatic heterocycles. The average molecular weight is 360 g/mol. The van der Waals surface area contributed by atoms with Crippen molar-refractivity contribution in [3.8, 4) is 17.0 Å². The van der Waals surface area contributed by atoms with Crippen LogP contribution in [0.5, 0.6) is 5.75 Å². The van der Waals surface area contributed by atoms with Crippen LogP contribution in [-0.4, -0.2) is 26.8 Å². The van der Waals surface area contributed by atoms with Gasteiger partial charge in [0.1, 0.15) is 11.6 Å². The topological polar surface area (TPSA) is 69.0 Å². The number of carbonyl (C=O) groups is 1. The quantitative estimate of drug-likeness (QED) is 0.757. The SMILES string of the molecule is Cc1c(-c2csc(NC(=O)[C@H](C)Oc3ccc(F)cc3)n2)cnn1C. The molecule has 8 heteroatoms. The number of anilines is 1. The second kappa shape index (κ2) is 7.02. The molecule has 3 rings (SSSR count). The third-order valence-electron chi connectivity index (χ3n) is 3.74. The van der Waals surface area contributed by atoms with Gasteiger partial charge in [-0.2, -0.15) is 5.10 Å². The number of hydrogen-bond donors (Lipinski definition) is 1. The second-order valence-electron chi connectivity index (χ2n) is 5.51. The number of carbonyl (C=O) groups excluding carboxylic acids is 1. The summed E-state index contributed by atoms with van der Waals surface area (Å²) < 4.78 is 20.2. The third-order valence-corrected chi connectivity index (χ3v) is 4.50. The van der Waals surface area contributed by atoms with Crippen molar-refractivity contribution in [3.63, 3.8) is 0 Å². The Morgan fingerprint density at radius 1 is 1.36 bits per heavy atom. The number of halogens is 1. The lowest BCUT2D eigenvalue weighted by Crippen LogP contribution is -2.30. The van der Waals surface area contributed by atoms with Crippen LogP contribution in [0, 0.1) is 12.7 Å². The van der Waals surface area contributed by atoms with Gasteiger partial charge in [0, 0.05) is 23.7 Å². The van der Waals surface area contributed by atoms with Crippen LogP contribution >= 0.6 is 11.3 Å². The fourth-order valence-electron chi connectivity index (χ4n) is 2.18. The van der Waals surface area contributed by atoms with E-state index >= 15 is 0 Å². The number of thiazole rings is 1. The zero-order valence-electron chi connectivity index (χ0n) is 14.0. The number of rotatable bonds is 5. The molecule has 0 aliphatic carbocycles. The van der Waals surface area contributed by atoms with Crippen LogP contribution in [0.4, 0.5) is 9.52 Å². The molecule has 0 radical (unpaired) electrons. The lowest BCUT2D eigenvalue weighted by atomic mass is 10.2. The normalized spacial score (nSPS) is 12.0. The minimum Gasteiger partial charge on any atom is -0.481 e. The number of benzene rings is 1. The van der Waals surface area contributed by atoms with Gasteiger partial charge in [-0.25, -0.2) is 9.37 Å². The largest absolute Gasteiger partial charge is 0.481 e. The number of aromatic nitrogens is 3. The summed E-state index contributed by atoms with van der Waals surface area (Å²) in [4.78, 5) is 16.7. The molecule has 25 heavy (non-hydrogen) atoms. The van der Waals surface area contributed by atoms with E-state index in [4.69, 9.17) is 4.74 Å². The minimum atomic E-state index is -0.738. The molecule has 3 aromatic rings. The number of nitrogens with one attached hydrogen (secondary N) is 1. The van der Waals surface area contributed by atoms with Gasteiger partial charge in [-0.15, -0.1) is 11.3 Å². The van der Waals surface area contributed by atoms with Gasteiger partial charge in [-0.05, 0) is 38.1 Å². The molecule has 0 fully saturated rings. The lowest BCUT2D eigenvalue weighted by Gasteiger charge is -2.13. The summed E-state index contributed by atoms with van der Waals surface area (Å²) >= 11 is 1.33. The maximum atomic E-state index is 12.9. The molecule has 0 aliphatic rings. The van der Waals surface area contributed by atoms with E-state index in [-0.39, 0.29) is 11.7 Å². The summed E-state index contributed by atoms with van der Waals surface area (Å²) in [5.41, 5.74) is 2.68. The summed E-state index contributed by atoms with van der Waals surface area (Å²) in [5, 5.41) is 9.27. The number of amides is 1. The fourth-order valence-corrected chi connectivity index (χ4v) is 2.90. The molecule has 130 valence electrons. The Morgan fingerprint density at radius 2 is 2.08 bits per heavy atom. The third kappa shape index (κ3) is 3.85. The Bertz CT molecular complexity index is 888. The highest BCUT2D eigenvalue weighted by molar-refractivity contribution is 7.14. The second-order valence-corrected chi connectivity index (χ2v) is 6.37. The monoisotopic (exact) mass is 360 g/mol. The highest BCUT2D eigenvalue weighted by Crippen LogP contribution is 2.27. The maximum Gasteiger partial charge on any atom is 0.266 e. The molecule has 0 spiro atoms. The number of aryl methyl sites for hydroxylation is 1. The van der Waals surface area contributed by atoms with Crippen molar-refractivity contribution in [1.82, 2.24) is 14.8 Å². The molecule has 0 bridgehead atoms. The van der Waals surface area contributed by atoms with Crippen LogP contribution in [0.25, 0.3) is 11.3 Å². The van der Waals surface area contributed by atoms with E-state index in [1.807, 2.05) is 19.4 Å². The van der Waals surface area contributed by atoms with Crippen LogP contribution in [0.2, 0.25) is 0 Å². The van der Waals surface area contributed by atoms with Crippen molar-refractivity contribution in [3.05, 3.63) is 47.4 Å². The molecule has 0 saturated carbocycles. The van der Waals surface area contributed by atoms with Crippen molar-refractivity contribution in [2.45, 2.75) is 20.0 Å². The lowest BCUT2D eigenvalue weighted by molar-refractivity contribution is -0.122. The van der Waals surface area contributed by atoms with Crippen molar-refractivity contribution in [2.75, 3.05) is 5.32 Å². The van der Waals surface area contributed by atoms with E-state index in [0.717, 1.165) is 17.0 Å². The van der Waals surface area contributed by atoms with Crippen molar-refractivity contribution in [1.29, 1.82) is 0 Å². The van der Waals surface area contributed by atoms with Gasteiger partial charge in [0.15, 0.2) is 11.2 Å². The predicted molar refractivity (Wildman–Crippen MR) is 94.2 cm³/mol. The molecule has 0 saturated heterocycles. The van der Waals surface area contributed by atoms with E-state index in [9.17, 15) is 9.18 Å². The molecule has 6 nitrogen and oxygen atoms in total. The Kier molecular flexibility index (Phi) is 4.80. The highest BCUT2D eigenvalue weighted by Gasteiger charge is 2.17. The molecule has 1 atom stereocenters. The van der Waals surface area contributed by atoms with Gasteiger partial charge in [-0.3, -0.25) is 14.8 Å². The smallest absolute Gasteiger partial charge is 0.266 e. The minimum absolute atomic E-state index is 0.326. The first-order chi connectivity index (χ1) is 11.9. The summed E-state index contributed by atoms with van der Waals surface area (Å²) in [5.74, 6) is -0.256. The first-order valence-electron chi connectivity index (χ1n) is 7.61. The molecule has 2 heterocycles. The Labute approximate surface area is 148 Å². The zero-order valence-corrected chi connectivity index (χ0v) is 14.8. The Hall–Kier alpha value is -2.74. The van der Waals surface area contributed by atoms with E-state index in [2.05, 4.69) is 15.4 Å². The first kappa shape index (κ1) is 17.1. The maximum absolute atomic E-state index is 12.9. The van der Waals surface area contributed by atoms with E-state index in [1.54, 1.807) is 17.8 Å². The number of nitrogens with zero attached hydrogens (tertiary/aromatic N) is 3. The predicted octanol–water partition coefficient (Wildman–Crippen LogP) is 3.40. The Balaban J connectivity index is 1.65. The summed E-state index contributed by atoms with van der Waals surface area (Å²) in [6.45, 7) is 3.58. The number of ether oxygens (including phenoxy) is 1. The molecule has 1 amide bonds. The molecule has 0 unspecified atom stereocenters. The van der Waals surface area contributed by atoms with Gasteiger partial charge >= 0.3 is 0 Å². The van der Waals surface area contributed by atoms with Crippen molar-refractivity contribution in [2.24, 2.45) is 7.05 Å². The first-order valence-corrected chi connectivity index (χ1v) is 8.49.